The van der Waals surface area contributed by atoms with Gasteiger partial charge in [0.15, 0.2) is 0 Å². The van der Waals surface area contributed by atoms with Crippen LogP contribution >= 0.6 is 0 Å². The Bertz CT molecular complexity index is 1820. The number of hydrogen-bond acceptors (Lipinski definition) is 6. The number of aryl methyl sites for hydroxylation is 1. The minimum Gasteiger partial charge on any atom is -0.481 e. The Morgan fingerprint density at radius 2 is 1.78 bits per heavy atom. The molecule has 0 spiro atoms. The number of rotatable bonds is 4. The highest BCUT2D eigenvalue weighted by Gasteiger charge is 2.28. The number of nitrogens with zero attached hydrogens (tertiary/aromatic N) is 2. The van der Waals surface area contributed by atoms with Crippen LogP contribution in [-0.4, -0.2) is 44.1 Å². The van der Waals surface area contributed by atoms with Crippen molar-refractivity contribution in [3.63, 3.8) is 0 Å². The zero-order valence-corrected chi connectivity index (χ0v) is 23.6. The smallest absolute Gasteiger partial charge is 0.294 e. The Morgan fingerprint density at radius 1 is 1.02 bits per heavy atom. The number of ether oxygens (including phenoxy) is 1. The van der Waals surface area contributed by atoms with E-state index in [-0.39, 0.29) is 16.9 Å². The second-order valence-electron chi connectivity index (χ2n) is 9.84. The lowest BCUT2D eigenvalue weighted by Crippen LogP contribution is -2.22. The van der Waals surface area contributed by atoms with E-state index in [9.17, 15) is 13.2 Å². The summed E-state index contributed by atoms with van der Waals surface area (Å²) in [4.78, 5) is 19.4. The van der Waals surface area contributed by atoms with Gasteiger partial charge in [0, 0.05) is 48.2 Å². The van der Waals surface area contributed by atoms with Gasteiger partial charge < -0.3 is 15.0 Å². The first-order valence-corrected chi connectivity index (χ1v) is 14.3. The first-order chi connectivity index (χ1) is 19.6. The second kappa shape index (κ2) is 11.4. The molecular formula is C32H29N3O5S. The quantitative estimate of drug-likeness (QED) is 0.310. The van der Waals surface area contributed by atoms with Crippen molar-refractivity contribution in [3.8, 4) is 5.75 Å². The molecule has 1 atom stereocenters. The first kappa shape index (κ1) is 27.8. The summed E-state index contributed by atoms with van der Waals surface area (Å²) in [6.07, 6.45) is 9.32. The van der Waals surface area contributed by atoms with Crippen molar-refractivity contribution < 1.29 is 22.5 Å². The minimum atomic E-state index is -4.02. The predicted molar refractivity (Wildman–Crippen MR) is 161 cm³/mol. The molecule has 1 unspecified atom stereocenters. The molecule has 2 aliphatic rings. The predicted octanol–water partition coefficient (Wildman–Crippen LogP) is 5.57. The van der Waals surface area contributed by atoms with E-state index in [1.54, 1.807) is 24.4 Å². The maximum atomic E-state index is 13.0. The third kappa shape index (κ3) is 6.21. The molecule has 1 aliphatic heterocycles. The fourth-order valence-corrected chi connectivity index (χ4v) is 5.02. The van der Waals surface area contributed by atoms with Crippen LogP contribution in [0.15, 0.2) is 114 Å². The maximum absolute atomic E-state index is 13.0. The molecule has 4 aromatic rings. The lowest BCUT2D eigenvalue weighted by molar-refractivity contribution is 0.0968. The second-order valence-corrected chi connectivity index (χ2v) is 11.3. The molecule has 9 heteroatoms. The largest absolute Gasteiger partial charge is 0.481 e. The summed E-state index contributed by atoms with van der Waals surface area (Å²) in [5, 5.41) is 3.88. The van der Waals surface area contributed by atoms with E-state index >= 15 is 0 Å². The Hall–Kier alpha value is -4.73. The summed E-state index contributed by atoms with van der Waals surface area (Å²) in [6, 6.07) is 21.5. The molecule has 1 aromatic heterocycles. The van der Waals surface area contributed by atoms with Gasteiger partial charge in [0.1, 0.15) is 11.9 Å². The molecule has 6 rings (SSSR count). The summed E-state index contributed by atoms with van der Waals surface area (Å²) in [7, 11) is 0.0102. The van der Waals surface area contributed by atoms with Crippen LogP contribution in [-0.2, 0) is 10.1 Å². The molecule has 0 radical (unpaired) electrons. The molecule has 0 fully saturated rings. The van der Waals surface area contributed by atoms with E-state index in [2.05, 4.69) is 21.3 Å². The number of amides is 1. The van der Waals surface area contributed by atoms with Crippen LogP contribution in [0.1, 0.15) is 21.5 Å². The van der Waals surface area contributed by atoms with Gasteiger partial charge in [-0.15, -0.1) is 0 Å². The zero-order valence-electron chi connectivity index (χ0n) is 22.8. The van der Waals surface area contributed by atoms with Crippen molar-refractivity contribution in [3.05, 3.63) is 126 Å². The van der Waals surface area contributed by atoms with Gasteiger partial charge in [-0.1, -0.05) is 42.0 Å². The SMILES string of the molecule is CN(C)c1ccc2c(c1)C1=CC(NC(=O)c3ccnc4ccccc34)=CC=CC1O2.Cc1ccc(S(=O)(=O)O)cc1. The number of aromatic nitrogens is 1. The summed E-state index contributed by atoms with van der Waals surface area (Å²) < 4.78 is 35.6. The fourth-order valence-electron chi connectivity index (χ4n) is 4.54. The van der Waals surface area contributed by atoms with E-state index in [1.807, 2.05) is 81.7 Å². The van der Waals surface area contributed by atoms with Crippen molar-refractivity contribution in [1.29, 1.82) is 0 Å². The molecular weight excluding hydrogens is 538 g/mol. The summed E-state index contributed by atoms with van der Waals surface area (Å²) in [6.45, 7) is 1.84. The van der Waals surface area contributed by atoms with Crippen LogP contribution in [0.2, 0.25) is 0 Å². The molecule has 41 heavy (non-hydrogen) atoms. The van der Waals surface area contributed by atoms with Crippen molar-refractivity contribution >= 4 is 38.2 Å². The number of allylic oxidation sites excluding steroid dienone is 3. The van der Waals surface area contributed by atoms with Crippen molar-refractivity contribution in [2.24, 2.45) is 0 Å². The number of carbonyl (C=O) groups excluding carboxylic acids is 1. The highest BCUT2D eigenvalue weighted by Crippen LogP contribution is 2.41. The number of fused-ring (bicyclic) bond motifs is 4. The summed E-state index contributed by atoms with van der Waals surface area (Å²) in [5.74, 6) is 0.693. The normalized spacial score (nSPS) is 15.3. The monoisotopic (exact) mass is 567 g/mol. The first-order valence-electron chi connectivity index (χ1n) is 12.9. The maximum Gasteiger partial charge on any atom is 0.294 e. The van der Waals surface area contributed by atoms with Gasteiger partial charge in [-0.25, -0.2) is 0 Å². The Kier molecular flexibility index (Phi) is 7.74. The highest BCUT2D eigenvalue weighted by atomic mass is 32.2. The van der Waals surface area contributed by atoms with Crippen LogP contribution in [0.4, 0.5) is 5.69 Å². The summed E-state index contributed by atoms with van der Waals surface area (Å²) >= 11 is 0. The van der Waals surface area contributed by atoms with E-state index in [0.717, 1.165) is 44.7 Å². The number of anilines is 1. The molecule has 2 heterocycles. The average molecular weight is 568 g/mol. The number of nitrogens with one attached hydrogen (secondary N) is 1. The zero-order chi connectivity index (χ0) is 29.1. The Morgan fingerprint density at radius 3 is 2.51 bits per heavy atom. The molecule has 0 saturated carbocycles. The highest BCUT2D eigenvalue weighted by molar-refractivity contribution is 7.85. The molecule has 0 saturated heterocycles. The van der Waals surface area contributed by atoms with Crippen molar-refractivity contribution in [1.82, 2.24) is 10.3 Å². The Balaban J connectivity index is 0.000000259. The third-order valence-corrected chi connectivity index (χ3v) is 7.56. The molecule has 0 bridgehead atoms. The van der Waals surface area contributed by atoms with Crippen LogP contribution in [0.5, 0.6) is 5.75 Å². The Labute approximate surface area is 239 Å². The number of para-hydroxylation sites is 1. The van der Waals surface area contributed by atoms with Gasteiger partial charge >= 0.3 is 0 Å². The molecule has 1 aliphatic carbocycles. The molecule has 1 amide bonds. The molecule has 2 N–H and O–H groups in total. The molecule has 8 nitrogen and oxygen atoms in total. The number of hydrogen-bond donors (Lipinski definition) is 2. The van der Waals surface area contributed by atoms with Gasteiger partial charge in [0.2, 0.25) is 0 Å². The summed E-state index contributed by atoms with van der Waals surface area (Å²) in [5.41, 5.74) is 6.26. The minimum absolute atomic E-state index is 0.0666. The lowest BCUT2D eigenvalue weighted by Gasteiger charge is -2.13. The lowest BCUT2D eigenvalue weighted by atomic mass is 10.0. The van der Waals surface area contributed by atoms with E-state index in [1.165, 1.54) is 12.1 Å². The standard InChI is InChI=1S/C25H21N3O2.C7H8O3S/c1-28(2)17-10-11-24-21(15-17)20-14-16(6-5-9-23(20)30-24)27-25(29)19-12-13-26-22-8-4-3-7-18(19)22;1-6-2-4-7(5-3-6)11(8,9)10/h3-15,23H,1-2H3,(H,27,29);2-5H,1H3,(H,8,9,10). The van der Waals surface area contributed by atoms with Gasteiger partial charge in [-0.05, 0) is 67.6 Å². The average Bonchev–Trinajstić information content (AvgIpc) is 3.16. The fraction of sp³-hybridized carbons (Fsp3) is 0.125. The van der Waals surface area contributed by atoms with Gasteiger partial charge in [-0.2, -0.15) is 8.42 Å². The van der Waals surface area contributed by atoms with Crippen LogP contribution in [0.3, 0.4) is 0 Å². The van der Waals surface area contributed by atoms with Gasteiger partial charge in [0.05, 0.1) is 16.0 Å². The number of pyridine rings is 1. The molecule has 3 aromatic carbocycles. The molecule has 208 valence electrons. The van der Waals surface area contributed by atoms with E-state index in [0.29, 0.717) is 5.56 Å². The topological polar surface area (TPSA) is 109 Å². The van der Waals surface area contributed by atoms with Gasteiger partial charge in [0.25, 0.3) is 16.0 Å². The number of carbonyl (C=O) groups is 1. The van der Waals surface area contributed by atoms with Crippen molar-refractivity contribution in [2.75, 3.05) is 19.0 Å². The van der Waals surface area contributed by atoms with Crippen LogP contribution in [0, 0.1) is 6.92 Å². The van der Waals surface area contributed by atoms with Gasteiger partial charge in [-0.3, -0.25) is 14.3 Å². The van der Waals surface area contributed by atoms with E-state index in [4.69, 9.17) is 9.29 Å². The van der Waals surface area contributed by atoms with Crippen LogP contribution in [0.25, 0.3) is 16.5 Å². The number of benzene rings is 3. The third-order valence-electron chi connectivity index (χ3n) is 6.69. The van der Waals surface area contributed by atoms with Crippen molar-refractivity contribution in [2.45, 2.75) is 17.9 Å². The van der Waals surface area contributed by atoms with E-state index < -0.39 is 10.1 Å². The van der Waals surface area contributed by atoms with Crippen LogP contribution < -0.4 is 15.0 Å².